The van der Waals surface area contributed by atoms with E-state index in [9.17, 15) is 9.90 Å². The number of fused-ring (bicyclic) bond motifs is 3. The van der Waals surface area contributed by atoms with Gasteiger partial charge in [0.2, 0.25) is 0 Å². The van der Waals surface area contributed by atoms with E-state index in [0.29, 0.717) is 16.5 Å². The number of anilines is 1. The number of hydrogen-bond donors (Lipinski definition) is 2. The minimum absolute atomic E-state index is 0.0605. The van der Waals surface area contributed by atoms with Crippen molar-refractivity contribution in [3.05, 3.63) is 76.3 Å². The number of halogens is 1. The fourth-order valence-electron chi connectivity index (χ4n) is 3.85. The lowest BCUT2D eigenvalue weighted by molar-refractivity contribution is 0.0694. The van der Waals surface area contributed by atoms with Crippen LogP contribution in [0.3, 0.4) is 0 Å². The highest BCUT2D eigenvalue weighted by Crippen LogP contribution is 2.51. The van der Waals surface area contributed by atoms with E-state index >= 15 is 0 Å². The fraction of sp³-hybridized carbons (Fsp3) is 0.211. The molecule has 1 aliphatic heterocycles. The molecule has 0 bridgehead atoms. The second kappa shape index (κ2) is 5.43. The van der Waals surface area contributed by atoms with Crippen LogP contribution in [0.4, 0.5) is 5.69 Å². The Bertz CT molecular complexity index is 815. The first-order valence-corrected chi connectivity index (χ1v) is 8.08. The Hall–Kier alpha value is -2.26. The zero-order valence-electron chi connectivity index (χ0n) is 12.4. The molecule has 0 amide bonds. The lowest BCUT2D eigenvalue weighted by atomic mass is 9.76. The highest BCUT2D eigenvalue weighted by Gasteiger charge is 2.39. The molecule has 116 valence electrons. The SMILES string of the molecule is O=C(O)c1ccccc1[C@@H]1Nc2c(Cl)cccc2[C@H]2C=CC[C@H]21. The topological polar surface area (TPSA) is 49.3 Å². The largest absolute Gasteiger partial charge is 0.478 e. The first kappa shape index (κ1) is 14.3. The number of hydrogen-bond acceptors (Lipinski definition) is 2. The normalized spacial score (nSPS) is 24.7. The number of carbonyl (C=O) groups is 1. The predicted octanol–water partition coefficient (Wildman–Crippen LogP) is 4.86. The van der Waals surface area contributed by atoms with Gasteiger partial charge in [0.25, 0.3) is 0 Å². The van der Waals surface area contributed by atoms with Gasteiger partial charge in [0.05, 0.1) is 22.3 Å². The van der Waals surface area contributed by atoms with Crippen molar-refractivity contribution in [2.75, 3.05) is 5.32 Å². The molecule has 0 aromatic heterocycles. The van der Waals surface area contributed by atoms with Crippen LogP contribution < -0.4 is 5.32 Å². The number of carboxylic acid groups (broad SMARTS) is 1. The van der Waals surface area contributed by atoms with Crippen molar-refractivity contribution < 1.29 is 9.90 Å². The van der Waals surface area contributed by atoms with Gasteiger partial charge in [0, 0.05) is 5.92 Å². The van der Waals surface area contributed by atoms with Gasteiger partial charge in [-0.05, 0) is 35.6 Å². The molecule has 4 rings (SSSR count). The maximum atomic E-state index is 11.6. The predicted molar refractivity (Wildman–Crippen MR) is 91.2 cm³/mol. The molecule has 4 heteroatoms. The van der Waals surface area contributed by atoms with Crippen LogP contribution in [0.2, 0.25) is 5.02 Å². The molecule has 3 atom stereocenters. The molecule has 2 aromatic rings. The Morgan fingerprint density at radius 3 is 2.74 bits per heavy atom. The summed E-state index contributed by atoms with van der Waals surface area (Å²) in [5.41, 5.74) is 3.29. The number of rotatable bonds is 2. The summed E-state index contributed by atoms with van der Waals surface area (Å²) < 4.78 is 0. The average Bonchev–Trinajstić information content (AvgIpc) is 3.04. The molecular formula is C19H16ClNO2. The van der Waals surface area contributed by atoms with Gasteiger partial charge >= 0.3 is 5.97 Å². The van der Waals surface area contributed by atoms with E-state index in [2.05, 4.69) is 23.5 Å². The molecule has 2 aromatic carbocycles. The lowest BCUT2D eigenvalue weighted by Crippen LogP contribution is -2.30. The molecule has 0 fully saturated rings. The van der Waals surface area contributed by atoms with E-state index in [1.807, 2.05) is 24.3 Å². The van der Waals surface area contributed by atoms with E-state index in [4.69, 9.17) is 11.6 Å². The third-order valence-corrected chi connectivity index (χ3v) is 5.19. The summed E-state index contributed by atoms with van der Waals surface area (Å²) in [5, 5.41) is 13.7. The Morgan fingerprint density at radius 1 is 1.13 bits per heavy atom. The number of aromatic carboxylic acids is 1. The van der Waals surface area contributed by atoms with E-state index < -0.39 is 5.97 Å². The summed E-state index contributed by atoms with van der Waals surface area (Å²) in [4.78, 5) is 11.6. The van der Waals surface area contributed by atoms with Gasteiger partial charge in [0.15, 0.2) is 0 Å². The van der Waals surface area contributed by atoms with Crippen molar-refractivity contribution >= 4 is 23.3 Å². The van der Waals surface area contributed by atoms with Crippen LogP contribution in [0, 0.1) is 5.92 Å². The minimum Gasteiger partial charge on any atom is -0.478 e. The smallest absolute Gasteiger partial charge is 0.336 e. The molecule has 3 nitrogen and oxygen atoms in total. The highest BCUT2D eigenvalue weighted by molar-refractivity contribution is 6.33. The first-order valence-electron chi connectivity index (χ1n) is 7.70. The first-order chi connectivity index (χ1) is 11.2. The number of allylic oxidation sites excluding steroid dienone is 2. The van der Waals surface area contributed by atoms with Crippen LogP contribution in [-0.2, 0) is 0 Å². The summed E-state index contributed by atoms with van der Waals surface area (Å²) >= 11 is 6.38. The maximum absolute atomic E-state index is 11.6. The maximum Gasteiger partial charge on any atom is 0.336 e. The standard InChI is InChI=1S/C19H16ClNO2/c20-16-10-4-9-13-11-7-3-8-12(11)17(21-18(13)16)14-5-1-2-6-15(14)19(22)23/h1-7,9-12,17,21H,8H2,(H,22,23)/t11-,12+,17+/m0/s1. The molecule has 1 aliphatic carbocycles. The van der Waals surface area contributed by atoms with Crippen LogP contribution in [0.5, 0.6) is 0 Å². The zero-order valence-corrected chi connectivity index (χ0v) is 13.1. The molecule has 1 heterocycles. The van der Waals surface area contributed by atoms with Crippen LogP contribution in [-0.4, -0.2) is 11.1 Å². The lowest BCUT2D eigenvalue weighted by Gasteiger charge is -2.38. The quantitative estimate of drug-likeness (QED) is 0.775. The molecule has 2 aliphatic rings. The van der Waals surface area contributed by atoms with E-state index in [1.165, 1.54) is 5.56 Å². The molecule has 0 saturated carbocycles. The number of nitrogens with one attached hydrogen (secondary N) is 1. The average molecular weight is 326 g/mol. The van der Waals surface area contributed by atoms with E-state index in [0.717, 1.165) is 17.7 Å². The Balaban J connectivity index is 1.86. The molecule has 0 unspecified atom stereocenters. The summed E-state index contributed by atoms with van der Waals surface area (Å²) in [5.74, 6) is -0.312. The number of benzene rings is 2. The monoisotopic (exact) mass is 325 g/mol. The summed E-state index contributed by atoms with van der Waals surface area (Å²) in [6.07, 6.45) is 5.34. The van der Waals surface area contributed by atoms with Crippen LogP contribution >= 0.6 is 11.6 Å². The van der Waals surface area contributed by atoms with Crippen LogP contribution in [0.15, 0.2) is 54.6 Å². The van der Waals surface area contributed by atoms with Gasteiger partial charge in [0.1, 0.15) is 0 Å². The molecule has 2 N–H and O–H groups in total. The van der Waals surface area contributed by atoms with Crippen molar-refractivity contribution in [2.24, 2.45) is 5.92 Å². The zero-order chi connectivity index (χ0) is 16.0. The molecule has 0 spiro atoms. The van der Waals surface area contributed by atoms with Gasteiger partial charge in [-0.25, -0.2) is 4.79 Å². The molecular weight excluding hydrogens is 310 g/mol. The van der Waals surface area contributed by atoms with Crippen molar-refractivity contribution in [1.82, 2.24) is 0 Å². The van der Waals surface area contributed by atoms with E-state index in [1.54, 1.807) is 12.1 Å². The van der Waals surface area contributed by atoms with Gasteiger partial charge in [-0.15, -0.1) is 0 Å². The van der Waals surface area contributed by atoms with Gasteiger partial charge in [-0.1, -0.05) is 54.1 Å². The van der Waals surface area contributed by atoms with Crippen LogP contribution in [0.25, 0.3) is 0 Å². The Labute approximate surface area is 139 Å². The van der Waals surface area contributed by atoms with Gasteiger partial charge in [-0.3, -0.25) is 0 Å². The van der Waals surface area contributed by atoms with Crippen molar-refractivity contribution in [2.45, 2.75) is 18.4 Å². The number of para-hydroxylation sites is 1. The number of carboxylic acids is 1. The molecule has 0 saturated heterocycles. The Morgan fingerprint density at radius 2 is 1.91 bits per heavy atom. The van der Waals surface area contributed by atoms with E-state index in [-0.39, 0.29) is 12.0 Å². The molecule has 0 radical (unpaired) electrons. The van der Waals surface area contributed by atoms with Gasteiger partial charge in [-0.2, -0.15) is 0 Å². The summed E-state index contributed by atoms with van der Waals surface area (Å²) in [7, 11) is 0. The molecule has 23 heavy (non-hydrogen) atoms. The third kappa shape index (κ3) is 2.23. The Kier molecular flexibility index (Phi) is 3.38. The van der Waals surface area contributed by atoms with Crippen LogP contribution in [0.1, 0.15) is 39.9 Å². The minimum atomic E-state index is -0.894. The fourth-order valence-corrected chi connectivity index (χ4v) is 4.09. The van der Waals surface area contributed by atoms with Crippen molar-refractivity contribution in [3.63, 3.8) is 0 Å². The third-order valence-electron chi connectivity index (χ3n) is 4.87. The second-order valence-electron chi connectivity index (χ2n) is 6.07. The highest BCUT2D eigenvalue weighted by atomic mass is 35.5. The van der Waals surface area contributed by atoms with Gasteiger partial charge < -0.3 is 10.4 Å². The second-order valence-corrected chi connectivity index (χ2v) is 6.48. The van der Waals surface area contributed by atoms with Crippen molar-refractivity contribution in [1.29, 1.82) is 0 Å². The summed E-state index contributed by atoms with van der Waals surface area (Å²) in [6.45, 7) is 0. The van der Waals surface area contributed by atoms with Crippen molar-refractivity contribution in [3.8, 4) is 0 Å². The summed E-state index contributed by atoms with van der Waals surface area (Å²) in [6, 6.07) is 13.1.